The Morgan fingerprint density at radius 3 is 1.70 bits per heavy atom. The number of benzene rings is 3. The molecule has 30 heavy (non-hydrogen) atoms. The average molecular weight is 420 g/mol. The Morgan fingerprint density at radius 1 is 0.700 bits per heavy atom. The van der Waals surface area contributed by atoms with Crippen LogP contribution in [-0.4, -0.2) is 23.5 Å². The van der Waals surface area contributed by atoms with Gasteiger partial charge < -0.3 is 0 Å². The molecule has 3 aromatic rings. The molecule has 1 atom stereocenters. The molecule has 0 fully saturated rings. The molecule has 0 unspecified atom stereocenters. The van der Waals surface area contributed by atoms with Gasteiger partial charge in [-0.3, -0.25) is 4.90 Å². The Labute approximate surface area is 189 Å². The maximum atomic E-state index is 4.08. The molecule has 0 aliphatic rings. The maximum absolute atomic E-state index is 4.08. The highest BCUT2D eigenvalue weighted by atomic mass is 32.1. The van der Waals surface area contributed by atoms with Gasteiger partial charge in [-0.1, -0.05) is 78.4 Å². The molecule has 0 saturated heterocycles. The van der Waals surface area contributed by atoms with Crippen LogP contribution in [0.2, 0.25) is 0 Å². The fourth-order valence-electron chi connectivity index (χ4n) is 3.92. The minimum atomic E-state index is 0.469. The first-order chi connectivity index (χ1) is 14.4. The van der Waals surface area contributed by atoms with Gasteiger partial charge in [0.25, 0.3) is 0 Å². The molecular formula is C28H37NS. The highest BCUT2D eigenvalue weighted by molar-refractivity contribution is 7.80. The van der Waals surface area contributed by atoms with Crippen LogP contribution in [0.1, 0.15) is 56.7 Å². The lowest BCUT2D eigenvalue weighted by Gasteiger charge is -2.32. The first-order valence-corrected chi connectivity index (χ1v) is 11.4. The quantitative estimate of drug-likeness (QED) is 0.386. The van der Waals surface area contributed by atoms with E-state index in [0.717, 1.165) is 17.9 Å². The Hall–Kier alpha value is -2.03. The minimum Gasteiger partial charge on any atom is -0.299 e. The minimum absolute atomic E-state index is 0.469. The maximum Gasteiger partial charge on any atom is 0.0102 e. The van der Waals surface area contributed by atoms with Crippen molar-refractivity contribution in [3.05, 3.63) is 102 Å². The monoisotopic (exact) mass is 419 g/mol. The van der Waals surface area contributed by atoms with E-state index in [1.54, 1.807) is 0 Å². The second kappa shape index (κ2) is 12.6. The predicted octanol–water partition coefficient (Wildman–Crippen LogP) is 7.61. The molecule has 0 N–H and O–H groups in total. The third-order valence-electron chi connectivity index (χ3n) is 5.41. The molecule has 3 aromatic carbocycles. The molecule has 0 spiro atoms. The second-order valence-electron chi connectivity index (χ2n) is 8.43. The van der Waals surface area contributed by atoms with E-state index in [0.29, 0.717) is 18.0 Å². The van der Waals surface area contributed by atoms with Gasteiger partial charge in [-0.15, -0.1) is 12.6 Å². The lowest BCUT2D eigenvalue weighted by Crippen LogP contribution is -2.38. The molecule has 1 nitrogen and oxygen atoms in total. The van der Waals surface area contributed by atoms with Crippen LogP contribution in [-0.2, 0) is 0 Å². The summed E-state index contributed by atoms with van der Waals surface area (Å²) in [6.45, 7) is 12.5. The normalized spacial score (nSPS) is 12.0. The summed E-state index contributed by atoms with van der Waals surface area (Å²) in [6.07, 6.45) is 1.16. The molecule has 160 valence electrons. The van der Waals surface area contributed by atoms with Crippen LogP contribution in [0.5, 0.6) is 0 Å². The van der Waals surface area contributed by atoms with E-state index in [1.807, 2.05) is 30.3 Å². The topological polar surface area (TPSA) is 3.24 Å². The summed E-state index contributed by atoms with van der Waals surface area (Å²) >= 11 is 4.08. The van der Waals surface area contributed by atoms with E-state index < -0.39 is 0 Å². The summed E-state index contributed by atoms with van der Waals surface area (Å²) in [7, 11) is 0. The van der Waals surface area contributed by atoms with Crippen LogP contribution in [0.3, 0.4) is 0 Å². The number of rotatable bonds is 7. The number of aryl methyl sites for hydroxylation is 1. The van der Waals surface area contributed by atoms with Crippen LogP contribution in [0.25, 0.3) is 0 Å². The largest absolute Gasteiger partial charge is 0.299 e. The highest BCUT2D eigenvalue weighted by Crippen LogP contribution is 2.29. The van der Waals surface area contributed by atoms with E-state index >= 15 is 0 Å². The van der Waals surface area contributed by atoms with Crippen molar-refractivity contribution < 1.29 is 0 Å². The number of hydrogen-bond donors (Lipinski definition) is 1. The first-order valence-electron chi connectivity index (χ1n) is 11.0. The van der Waals surface area contributed by atoms with E-state index in [-0.39, 0.29) is 0 Å². The van der Waals surface area contributed by atoms with E-state index in [2.05, 4.69) is 107 Å². The summed E-state index contributed by atoms with van der Waals surface area (Å²) in [5, 5.41) is 0. The highest BCUT2D eigenvalue weighted by Gasteiger charge is 2.19. The van der Waals surface area contributed by atoms with Gasteiger partial charge in [0.15, 0.2) is 0 Å². The molecule has 0 aliphatic heterocycles. The van der Waals surface area contributed by atoms with Crippen molar-refractivity contribution in [3.8, 4) is 0 Å². The van der Waals surface area contributed by atoms with E-state index in [4.69, 9.17) is 0 Å². The molecule has 0 bridgehead atoms. The summed E-state index contributed by atoms with van der Waals surface area (Å²) in [4.78, 5) is 3.61. The van der Waals surface area contributed by atoms with Crippen LogP contribution in [0.15, 0.2) is 89.8 Å². The molecule has 0 radical (unpaired) electrons. The SMILES string of the molecule is Cc1cccc([C@H](CCN(C(C)C)C(C)C)c2ccccc2)c1.Sc1ccccc1. The molecule has 2 heteroatoms. The van der Waals surface area contributed by atoms with Crippen LogP contribution < -0.4 is 0 Å². The lowest BCUT2D eigenvalue weighted by atomic mass is 9.87. The lowest BCUT2D eigenvalue weighted by molar-refractivity contribution is 0.170. The molecular weight excluding hydrogens is 382 g/mol. The van der Waals surface area contributed by atoms with Gasteiger partial charge in [-0.25, -0.2) is 0 Å². The van der Waals surface area contributed by atoms with Gasteiger partial charge in [0.2, 0.25) is 0 Å². The average Bonchev–Trinajstić information content (AvgIpc) is 2.72. The fraction of sp³-hybridized carbons (Fsp3) is 0.357. The van der Waals surface area contributed by atoms with E-state index in [9.17, 15) is 0 Å². The predicted molar refractivity (Wildman–Crippen MR) is 135 cm³/mol. The molecule has 0 aliphatic carbocycles. The second-order valence-corrected chi connectivity index (χ2v) is 8.94. The summed E-state index contributed by atoms with van der Waals surface area (Å²) in [5.74, 6) is 0.469. The van der Waals surface area contributed by atoms with Crippen molar-refractivity contribution in [2.75, 3.05) is 6.54 Å². The summed E-state index contributed by atoms with van der Waals surface area (Å²) in [5.41, 5.74) is 4.20. The number of thiol groups is 1. The first kappa shape index (κ1) is 24.2. The van der Waals surface area contributed by atoms with Crippen molar-refractivity contribution in [1.29, 1.82) is 0 Å². The van der Waals surface area contributed by atoms with Crippen LogP contribution in [0.4, 0.5) is 0 Å². The zero-order valence-corrected chi connectivity index (χ0v) is 20.0. The Kier molecular flexibility index (Phi) is 10.2. The van der Waals surface area contributed by atoms with Crippen molar-refractivity contribution in [2.45, 2.75) is 63.9 Å². The zero-order valence-electron chi connectivity index (χ0n) is 19.1. The third kappa shape index (κ3) is 8.01. The fourth-order valence-corrected chi connectivity index (χ4v) is 4.09. The summed E-state index contributed by atoms with van der Waals surface area (Å²) < 4.78 is 0. The van der Waals surface area contributed by atoms with Crippen LogP contribution >= 0.6 is 12.6 Å². The Morgan fingerprint density at radius 2 is 1.23 bits per heavy atom. The van der Waals surface area contributed by atoms with Gasteiger partial charge in [0.1, 0.15) is 0 Å². The van der Waals surface area contributed by atoms with Crippen LogP contribution in [0, 0.1) is 6.92 Å². The van der Waals surface area contributed by atoms with Gasteiger partial charge in [0.05, 0.1) is 0 Å². The van der Waals surface area contributed by atoms with Gasteiger partial charge in [-0.05, 0) is 70.8 Å². The zero-order chi connectivity index (χ0) is 21.9. The molecule has 3 rings (SSSR count). The smallest absolute Gasteiger partial charge is 0.0102 e. The Balaban J connectivity index is 0.000000386. The van der Waals surface area contributed by atoms with Gasteiger partial charge in [0, 0.05) is 22.9 Å². The number of hydrogen-bond acceptors (Lipinski definition) is 2. The van der Waals surface area contributed by atoms with Crippen molar-refractivity contribution in [1.82, 2.24) is 4.90 Å². The third-order valence-corrected chi connectivity index (χ3v) is 5.70. The van der Waals surface area contributed by atoms with Crippen molar-refractivity contribution >= 4 is 12.6 Å². The Bertz CT molecular complexity index is 835. The number of nitrogens with zero attached hydrogens (tertiary/aromatic N) is 1. The standard InChI is InChI=1S/C22H31N.C6H6S/c1-17(2)23(18(3)4)15-14-22(20-11-7-6-8-12-20)21-13-9-10-19(5)16-21;7-6-4-2-1-3-5-6/h6-13,16-18,22H,14-15H2,1-5H3;1-5,7H/t22-;/m1./s1. The molecule has 0 saturated carbocycles. The van der Waals surface area contributed by atoms with Gasteiger partial charge >= 0.3 is 0 Å². The summed E-state index contributed by atoms with van der Waals surface area (Å²) in [6, 6.07) is 30.9. The van der Waals surface area contributed by atoms with E-state index in [1.165, 1.54) is 16.7 Å². The van der Waals surface area contributed by atoms with Gasteiger partial charge in [-0.2, -0.15) is 0 Å². The van der Waals surface area contributed by atoms with Crippen molar-refractivity contribution in [3.63, 3.8) is 0 Å². The molecule has 0 heterocycles. The molecule has 0 amide bonds. The van der Waals surface area contributed by atoms with Crippen molar-refractivity contribution in [2.24, 2.45) is 0 Å². The molecule has 0 aromatic heterocycles.